The standard InChI is InChI=1S/C12H18FNOS/c1-3-10(14)8-16-7-9-5-4-6-11(15-2)12(9)13/h4-6,10H,3,7-8,14H2,1-2H3. The number of benzene rings is 1. The topological polar surface area (TPSA) is 35.2 Å². The molecule has 1 unspecified atom stereocenters. The van der Waals surface area contributed by atoms with Gasteiger partial charge in [0.25, 0.3) is 0 Å². The zero-order valence-electron chi connectivity index (χ0n) is 9.70. The Hall–Kier alpha value is -0.740. The summed E-state index contributed by atoms with van der Waals surface area (Å²) in [5.41, 5.74) is 6.47. The summed E-state index contributed by atoms with van der Waals surface area (Å²) >= 11 is 1.65. The molecule has 1 aromatic carbocycles. The number of hydrogen-bond donors (Lipinski definition) is 1. The highest BCUT2D eigenvalue weighted by molar-refractivity contribution is 7.98. The Bertz CT molecular complexity index is 333. The summed E-state index contributed by atoms with van der Waals surface area (Å²) < 4.78 is 18.6. The highest BCUT2D eigenvalue weighted by Gasteiger charge is 2.08. The maximum atomic E-state index is 13.7. The van der Waals surface area contributed by atoms with Crippen LogP contribution < -0.4 is 10.5 Å². The van der Waals surface area contributed by atoms with Crippen molar-refractivity contribution in [3.63, 3.8) is 0 Å². The minimum atomic E-state index is -0.262. The van der Waals surface area contributed by atoms with E-state index in [0.717, 1.165) is 12.2 Å². The number of halogens is 1. The highest BCUT2D eigenvalue weighted by Crippen LogP contribution is 2.23. The molecule has 4 heteroatoms. The van der Waals surface area contributed by atoms with E-state index >= 15 is 0 Å². The van der Waals surface area contributed by atoms with Gasteiger partial charge in [-0.1, -0.05) is 19.1 Å². The third-order valence-electron chi connectivity index (χ3n) is 2.38. The van der Waals surface area contributed by atoms with E-state index in [1.165, 1.54) is 7.11 Å². The van der Waals surface area contributed by atoms with E-state index in [-0.39, 0.29) is 11.9 Å². The zero-order valence-corrected chi connectivity index (χ0v) is 10.5. The number of thioether (sulfide) groups is 1. The van der Waals surface area contributed by atoms with Crippen molar-refractivity contribution in [1.29, 1.82) is 0 Å². The van der Waals surface area contributed by atoms with Gasteiger partial charge in [0, 0.05) is 23.1 Å². The fourth-order valence-corrected chi connectivity index (χ4v) is 2.36. The van der Waals surface area contributed by atoms with Crippen LogP contribution in [0.5, 0.6) is 5.75 Å². The van der Waals surface area contributed by atoms with E-state index in [4.69, 9.17) is 10.5 Å². The third-order valence-corrected chi connectivity index (χ3v) is 3.56. The number of rotatable bonds is 6. The summed E-state index contributed by atoms with van der Waals surface area (Å²) in [6, 6.07) is 5.40. The molecule has 0 heterocycles. The van der Waals surface area contributed by atoms with Crippen molar-refractivity contribution in [2.45, 2.75) is 25.1 Å². The Labute approximate surface area is 100 Å². The zero-order chi connectivity index (χ0) is 12.0. The van der Waals surface area contributed by atoms with Crippen molar-refractivity contribution < 1.29 is 9.13 Å². The molecule has 0 spiro atoms. The van der Waals surface area contributed by atoms with Gasteiger partial charge in [-0.15, -0.1) is 0 Å². The Kier molecular flexibility index (Phi) is 5.63. The van der Waals surface area contributed by atoms with Crippen molar-refractivity contribution in [1.82, 2.24) is 0 Å². The molecule has 0 saturated heterocycles. The molecule has 0 aliphatic heterocycles. The SMILES string of the molecule is CCC(N)CSCc1cccc(OC)c1F. The predicted octanol–water partition coefficient (Wildman–Crippen LogP) is 2.80. The summed E-state index contributed by atoms with van der Waals surface area (Å²) in [7, 11) is 1.47. The van der Waals surface area contributed by atoms with Crippen LogP contribution in [0.25, 0.3) is 0 Å². The molecule has 2 nitrogen and oxygen atoms in total. The van der Waals surface area contributed by atoms with Crippen LogP contribution in [0.3, 0.4) is 0 Å². The lowest BCUT2D eigenvalue weighted by Crippen LogP contribution is -2.21. The van der Waals surface area contributed by atoms with E-state index in [9.17, 15) is 4.39 Å². The van der Waals surface area contributed by atoms with Gasteiger partial charge >= 0.3 is 0 Å². The molecule has 0 radical (unpaired) electrons. The molecular formula is C12H18FNOS. The average Bonchev–Trinajstić information content (AvgIpc) is 2.31. The first-order valence-corrected chi connectivity index (χ1v) is 6.49. The molecule has 90 valence electrons. The summed E-state index contributed by atoms with van der Waals surface area (Å²) in [5, 5.41) is 0. The first-order valence-electron chi connectivity index (χ1n) is 5.33. The summed E-state index contributed by atoms with van der Waals surface area (Å²) in [5.74, 6) is 1.53. The highest BCUT2D eigenvalue weighted by atomic mass is 32.2. The Morgan fingerprint density at radius 2 is 2.25 bits per heavy atom. The molecule has 0 fully saturated rings. The molecule has 0 aliphatic carbocycles. The quantitative estimate of drug-likeness (QED) is 0.834. The number of ether oxygens (including phenoxy) is 1. The van der Waals surface area contributed by atoms with Crippen LogP contribution in [-0.2, 0) is 5.75 Å². The van der Waals surface area contributed by atoms with Gasteiger partial charge in [-0.3, -0.25) is 0 Å². The molecule has 16 heavy (non-hydrogen) atoms. The van der Waals surface area contributed by atoms with Crippen molar-refractivity contribution in [2.24, 2.45) is 5.73 Å². The van der Waals surface area contributed by atoms with Crippen LogP contribution in [0, 0.1) is 5.82 Å². The van der Waals surface area contributed by atoms with Crippen LogP contribution in [0.2, 0.25) is 0 Å². The second kappa shape index (κ2) is 6.76. The second-order valence-corrected chi connectivity index (χ2v) is 4.65. The van der Waals surface area contributed by atoms with Crippen LogP contribution in [-0.4, -0.2) is 18.9 Å². The Morgan fingerprint density at radius 1 is 1.50 bits per heavy atom. The lowest BCUT2D eigenvalue weighted by molar-refractivity contribution is 0.385. The predicted molar refractivity (Wildman–Crippen MR) is 67.4 cm³/mol. The summed E-state index contributed by atoms with van der Waals surface area (Å²) in [4.78, 5) is 0. The molecule has 0 aromatic heterocycles. The van der Waals surface area contributed by atoms with Gasteiger partial charge in [0.05, 0.1) is 7.11 Å². The first-order chi connectivity index (χ1) is 7.69. The van der Waals surface area contributed by atoms with E-state index in [0.29, 0.717) is 17.1 Å². The first kappa shape index (κ1) is 13.3. The average molecular weight is 243 g/mol. The monoisotopic (exact) mass is 243 g/mol. The second-order valence-electron chi connectivity index (χ2n) is 3.62. The molecule has 0 amide bonds. The fourth-order valence-electron chi connectivity index (χ4n) is 1.26. The molecule has 0 saturated carbocycles. The van der Waals surface area contributed by atoms with Gasteiger partial charge in [-0.05, 0) is 12.5 Å². The van der Waals surface area contributed by atoms with Crippen molar-refractivity contribution in [2.75, 3.05) is 12.9 Å². The van der Waals surface area contributed by atoms with E-state index in [1.807, 2.05) is 0 Å². The van der Waals surface area contributed by atoms with Crippen LogP contribution in [0.4, 0.5) is 4.39 Å². The van der Waals surface area contributed by atoms with E-state index in [2.05, 4.69) is 6.92 Å². The molecular weight excluding hydrogens is 225 g/mol. The normalized spacial score (nSPS) is 12.5. The van der Waals surface area contributed by atoms with Gasteiger partial charge in [0.1, 0.15) is 0 Å². The fraction of sp³-hybridized carbons (Fsp3) is 0.500. The molecule has 2 N–H and O–H groups in total. The third kappa shape index (κ3) is 3.68. The number of nitrogens with two attached hydrogens (primary N) is 1. The van der Waals surface area contributed by atoms with Crippen molar-refractivity contribution in [3.05, 3.63) is 29.6 Å². The van der Waals surface area contributed by atoms with Gasteiger partial charge < -0.3 is 10.5 Å². The van der Waals surface area contributed by atoms with Gasteiger partial charge in [-0.2, -0.15) is 11.8 Å². The summed E-state index contributed by atoms with van der Waals surface area (Å²) in [6.07, 6.45) is 0.952. The molecule has 1 atom stereocenters. The number of methoxy groups -OCH3 is 1. The maximum Gasteiger partial charge on any atom is 0.169 e. The Balaban J connectivity index is 2.54. The maximum absolute atomic E-state index is 13.7. The van der Waals surface area contributed by atoms with Crippen LogP contribution in [0.15, 0.2) is 18.2 Å². The minimum Gasteiger partial charge on any atom is -0.494 e. The smallest absolute Gasteiger partial charge is 0.169 e. The van der Waals surface area contributed by atoms with E-state index < -0.39 is 0 Å². The molecule has 0 bridgehead atoms. The molecule has 1 aromatic rings. The van der Waals surface area contributed by atoms with Crippen LogP contribution in [0.1, 0.15) is 18.9 Å². The van der Waals surface area contributed by atoms with Gasteiger partial charge in [0.15, 0.2) is 11.6 Å². The minimum absolute atomic E-state index is 0.193. The van der Waals surface area contributed by atoms with E-state index in [1.54, 1.807) is 30.0 Å². The lowest BCUT2D eigenvalue weighted by Gasteiger charge is -2.09. The molecule has 0 aliphatic rings. The largest absolute Gasteiger partial charge is 0.494 e. The van der Waals surface area contributed by atoms with Crippen molar-refractivity contribution in [3.8, 4) is 5.75 Å². The van der Waals surface area contributed by atoms with Gasteiger partial charge in [0.2, 0.25) is 0 Å². The van der Waals surface area contributed by atoms with Gasteiger partial charge in [-0.25, -0.2) is 4.39 Å². The van der Waals surface area contributed by atoms with Crippen LogP contribution >= 0.6 is 11.8 Å². The number of hydrogen-bond acceptors (Lipinski definition) is 3. The van der Waals surface area contributed by atoms with Crippen molar-refractivity contribution >= 4 is 11.8 Å². The lowest BCUT2D eigenvalue weighted by atomic mass is 10.2. The summed E-state index contributed by atoms with van der Waals surface area (Å²) in [6.45, 7) is 2.05. The Morgan fingerprint density at radius 3 is 2.88 bits per heavy atom. The molecule has 1 rings (SSSR count).